The molecule has 2 amide bonds. The summed E-state index contributed by atoms with van der Waals surface area (Å²) >= 11 is 0. The van der Waals surface area contributed by atoms with Crippen LogP contribution in [-0.4, -0.2) is 22.7 Å². The van der Waals surface area contributed by atoms with E-state index in [-0.39, 0.29) is 11.5 Å². The van der Waals surface area contributed by atoms with Crippen molar-refractivity contribution in [2.45, 2.75) is 18.9 Å². The Morgan fingerprint density at radius 3 is 2.54 bits per heavy atom. The van der Waals surface area contributed by atoms with Gasteiger partial charge in [-0.25, -0.2) is 0 Å². The quantitative estimate of drug-likeness (QED) is 0.750. The van der Waals surface area contributed by atoms with E-state index in [4.69, 9.17) is 0 Å². The van der Waals surface area contributed by atoms with Crippen LogP contribution in [0.4, 0.5) is 11.4 Å². The van der Waals surface area contributed by atoms with Crippen molar-refractivity contribution in [3.05, 3.63) is 59.7 Å². The van der Waals surface area contributed by atoms with E-state index in [1.807, 2.05) is 0 Å². The predicted octanol–water partition coefficient (Wildman–Crippen LogP) is 2.06. The van der Waals surface area contributed by atoms with Crippen LogP contribution in [0.1, 0.15) is 29.3 Å². The van der Waals surface area contributed by atoms with Crippen LogP contribution in [-0.2, 0) is 15.2 Å². The minimum absolute atomic E-state index is 0.248. The third kappa shape index (κ3) is 2.68. The van der Waals surface area contributed by atoms with Gasteiger partial charge in [-0.05, 0) is 18.2 Å². The van der Waals surface area contributed by atoms with Gasteiger partial charge in [-0.1, -0.05) is 30.3 Å². The van der Waals surface area contributed by atoms with Crippen molar-refractivity contribution >= 4 is 29.0 Å². The molecule has 6 heteroatoms. The minimum Gasteiger partial charge on any atom is -0.375 e. The van der Waals surface area contributed by atoms with Crippen LogP contribution in [0, 0.1) is 0 Å². The number of Topliss-reactive ketones (excluding diaryl/α,β-unsaturated/α-hetero) is 1. The number of anilines is 2. The molecule has 0 saturated carbocycles. The lowest BCUT2D eigenvalue weighted by Gasteiger charge is -2.20. The molecule has 0 saturated heterocycles. The molecule has 3 rings (SSSR count). The zero-order chi connectivity index (χ0) is 17.3. The summed E-state index contributed by atoms with van der Waals surface area (Å²) < 4.78 is 0. The lowest BCUT2D eigenvalue weighted by Crippen LogP contribution is -2.36. The Kier molecular flexibility index (Phi) is 3.91. The van der Waals surface area contributed by atoms with Gasteiger partial charge in [-0.2, -0.15) is 0 Å². The molecular formula is C18H16N2O4. The third-order valence-corrected chi connectivity index (χ3v) is 3.95. The fourth-order valence-electron chi connectivity index (χ4n) is 2.83. The van der Waals surface area contributed by atoms with E-state index >= 15 is 0 Å². The molecule has 0 aliphatic carbocycles. The molecule has 1 aliphatic rings. The summed E-state index contributed by atoms with van der Waals surface area (Å²) in [6.07, 6.45) is -0.410. The van der Waals surface area contributed by atoms with Gasteiger partial charge in [-0.15, -0.1) is 0 Å². The molecule has 0 radical (unpaired) electrons. The summed E-state index contributed by atoms with van der Waals surface area (Å²) in [6, 6.07) is 13.2. The number of aliphatic hydroxyl groups is 1. The maximum absolute atomic E-state index is 12.7. The molecule has 0 unspecified atom stereocenters. The van der Waals surface area contributed by atoms with Gasteiger partial charge in [0.15, 0.2) is 11.4 Å². The molecule has 1 aliphatic heterocycles. The molecule has 2 aromatic rings. The zero-order valence-corrected chi connectivity index (χ0v) is 13.0. The third-order valence-electron chi connectivity index (χ3n) is 3.95. The number of nitrogens with one attached hydrogen (secondary N) is 2. The maximum Gasteiger partial charge on any atom is 0.261 e. The van der Waals surface area contributed by atoms with Crippen molar-refractivity contribution in [1.29, 1.82) is 0 Å². The Morgan fingerprint density at radius 2 is 1.79 bits per heavy atom. The standard InChI is InChI=1S/C18H16N2O4/c1-11(21)19-14-8-4-2-6-12(14)16(22)10-18(24)13-7-3-5-9-15(13)20-17(18)23/h2-9,24H,10H2,1H3,(H,19,21)(H,20,23)/t18-/m0/s1. The first-order valence-electron chi connectivity index (χ1n) is 7.45. The Labute approximate surface area is 138 Å². The van der Waals surface area contributed by atoms with Crippen molar-refractivity contribution in [1.82, 2.24) is 0 Å². The summed E-state index contributed by atoms with van der Waals surface area (Å²) in [5.74, 6) is -1.37. The number of rotatable bonds is 4. The van der Waals surface area contributed by atoms with Crippen molar-refractivity contribution < 1.29 is 19.5 Å². The topological polar surface area (TPSA) is 95.5 Å². The molecule has 1 heterocycles. The van der Waals surface area contributed by atoms with Crippen LogP contribution in [0.25, 0.3) is 0 Å². The van der Waals surface area contributed by atoms with Gasteiger partial charge in [0.2, 0.25) is 5.91 Å². The Balaban J connectivity index is 1.93. The number of carbonyl (C=O) groups excluding carboxylic acids is 3. The van der Waals surface area contributed by atoms with Crippen LogP contribution in [0.15, 0.2) is 48.5 Å². The van der Waals surface area contributed by atoms with Crippen LogP contribution in [0.2, 0.25) is 0 Å². The highest BCUT2D eigenvalue weighted by molar-refractivity contribution is 6.11. The lowest BCUT2D eigenvalue weighted by atomic mass is 9.88. The van der Waals surface area contributed by atoms with E-state index in [0.29, 0.717) is 16.9 Å². The van der Waals surface area contributed by atoms with Gasteiger partial charge in [0.05, 0.1) is 12.1 Å². The number of amides is 2. The molecule has 0 bridgehead atoms. The van der Waals surface area contributed by atoms with Crippen LogP contribution < -0.4 is 10.6 Å². The molecule has 3 N–H and O–H groups in total. The Hall–Kier alpha value is -2.99. The van der Waals surface area contributed by atoms with Crippen molar-refractivity contribution in [2.75, 3.05) is 10.6 Å². The van der Waals surface area contributed by atoms with Gasteiger partial charge in [0, 0.05) is 23.7 Å². The van der Waals surface area contributed by atoms with Crippen LogP contribution >= 0.6 is 0 Å². The highest BCUT2D eigenvalue weighted by Crippen LogP contribution is 2.39. The summed E-state index contributed by atoms with van der Waals surface area (Å²) in [5.41, 5.74) is -0.450. The van der Waals surface area contributed by atoms with Gasteiger partial charge in [-0.3, -0.25) is 14.4 Å². The van der Waals surface area contributed by atoms with Gasteiger partial charge in [0.1, 0.15) is 0 Å². The lowest BCUT2D eigenvalue weighted by molar-refractivity contribution is -0.133. The molecule has 0 aromatic heterocycles. The Morgan fingerprint density at radius 1 is 1.12 bits per heavy atom. The molecule has 1 atom stereocenters. The van der Waals surface area contributed by atoms with Crippen molar-refractivity contribution in [3.8, 4) is 0 Å². The van der Waals surface area contributed by atoms with Gasteiger partial charge >= 0.3 is 0 Å². The second-order valence-corrected chi connectivity index (χ2v) is 5.69. The number of hydrogen-bond acceptors (Lipinski definition) is 4. The number of carbonyl (C=O) groups is 3. The van der Waals surface area contributed by atoms with Crippen molar-refractivity contribution in [2.24, 2.45) is 0 Å². The van der Waals surface area contributed by atoms with E-state index < -0.39 is 23.7 Å². The summed E-state index contributed by atoms with van der Waals surface area (Å²) in [6.45, 7) is 1.34. The summed E-state index contributed by atoms with van der Waals surface area (Å²) in [7, 11) is 0. The molecule has 122 valence electrons. The van der Waals surface area contributed by atoms with Gasteiger partial charge in [0.25, 0.3) is 5.91 Å². The zero-order valence-electron chi connectivity index (χ0n) is 13.0. The number of para-hydroxylation sites is 2. The fraction of sp³-hybridized carbons (Fsp3) is 0.167. The molecule has 0 spiro atoms. The Bertz CT molecular complexity index is 846. The molecule has 24 heavy (non-hydrogen) atoms. The minimum atomic E-state index is -1.92. The van der Waals surface area contributed by atoms with E-state index in [0.717, 1.165) is 0 Å². The largest absolute Gasteiger partial charge is 0.375 e. The average Bonchev–Trinajstić information content (AvgIpc) is 2.78. The van der Waals surface area contributed by atoms with Crippen molar-refractivity contribution in [3.63, 3.8) is 0 Å². The smallest absolute Gasteiger partial charge is 0.261 e. The van der Waals surface area contributed by atoms with Crippen LogP contribution in [0.3, 0.4) is 0 Å². The first kappa shape index (κ1) is 15.9. The average molecular weight is 324 g/mol. The van der Waals surface area contributed by atoms with E-state index in [9.17, 15) is 19.5 Å². The number of hydrogen-bond donors (Lipinski definition) is 3. The molecule has 6 nitrogen and oxygen atoms in total. The van der Waals surface area contributed by atoms with Gasteiger partial charge < -0.3 is 15.7 Å². The molecule has 0 fully saturated rings. The second kappa shape index (κ2) is 5.90. The van der Waals surface area contributed by atoms with E-state index in [2.05, 4.69) is 10.6 Å². The first-order valence-corrected chi connectivity index (χ1v) is 7.45. The molecular weight excluding hydrogens is 308 g/mol. The van der Waals surface area contributed by atoms with Crippen LogP contribution in [0.5, 0.6) is 0 Å². The summed E-state index contributed by atoms with van der Waals surface area (Å²) in [4.78, 5) is 36.1. The molecule has 2 aromatic carbocycles. The number of ketones is 1. The van der Waals surface area contributed by atoms with E-state index in [1.54, 1.807) is 48.5 Å². The van der Waals surface area contributed by atoms with E-state index in [1.165, 1.54) is 6.92 Å². The summed E-state index contributed by atoms with van der Waals surface area (Å²) in [5, 5.41) is 16.0. The first-order chi connectivity index (χ1) is 11.4. The normalized spacial score (nSPS) is 18.7. The highest BCUT2D eigenvalue weighted by atomic mass is 16.3. The monoisotopic (exact) mass is 324 g/mol. The number of fused-ring (bicyclic) bond motifs is 1. The highest BCUT2D eigenvalue weighted by Gasteiger charge is 2.46. The second-order valence-electron chi connectivity index (χ2n) is 5.69. The maximum atomic E-state index is 12.7. The number of benzene rings is 2. The fourth-order valence-corrected chi connectivity index (χ4v) is 2.83. The predicted molar refractivity (Wildman–Crippen MR) is 88.7 cm³/mol. The SMILES string of the molecule is CC(=O)Nc1ccccc1C(=O)C[C@@]1(O)C(=O)Nc2ccccc21.